The molecule has 0 atom stereocenters. The molecule has 0 fully saturated rings. The van der Waals surface area contributed by atoms with Gasteiger partial charge >= 0.3 is 6.03 Å². The molecule has 1 aromatic rings. The van der Waals surface area contributed by atoms with E-state index in [1.165, 1.54) is 0 Å². The van der Waals surface area contributed by atoms with E-state index in [0.717, 1.165) is 0 Å². The number of nitrogens with one attached hydrogen (secondary N) is 2. The van der Waals surface area contributed by atoms with Gasteiger partial charge in [-0.25, -0.2) is 16.5 Å². The van der Waals surface area contributed by atoms with Crippen LogP contribution in [0.4, 0.5) is 4.79 Å². The highest BCUT2D eigenvalue weighted by atomic mass is 16.2. The van der Waals surface area contributed by atoms with Crippen LogP contribution in [0, 0.1) is 0 Å². The lowest BCUT2D eigenvalue weighted by atomic mass is 10.7. The first-order valence-corrected chi connectivity index (χ1v) is 2.86. The molecule has 12 heavy (non-hydrogen) atoms. The van der Waals surface area contributed by atoms with Gasteiger partial charge in [-0.3, -0.25) is 10.9 Å². The predicted octanol–water partition coefficient (Wildman–Crippen LogP) is -2.10. The Kier molecular flexibility index (Phi) is 6.21. The monoisotopic (exact) mass is 171 g/mol. The van der Waals surface area contributed by atoms with E-state index in [4.69, 9.17) is 0 Å². The second-order valence-electron chi connectivity index (χ2n) is 1.43. The third-order valence-corrected chi connectivity index (χ3v) is 0.671. The van der Waals surface area contributed by atoms with Crippen LogP contribution in [0.2, 0.25) is 0 Å². The smallest absolute Gasteiger partial charge is 0.275 e. The van der Waals surface area contributed by atoms with Gasteiger partial charge in [0.25, 0.3) is 0 Å². The second kappa shape index (κ2) is 7.31. The van der Waals surface area contributed by atoms with Gasteiger partial charge in [-0.15, -0.1) is 10.2 Å². The highest BCUT2D eigenvalue weighted by Gasteiger charge is 1.83. The Labute approximate surface area is 68.3 Å². The fourth-order valence-corrected chi connectivity index (χ4v) is 0.247. The van der Waals surface area contributed by atoms with Crippen molar-refractivity contribution in [3.8, 4) is 0 Å². The summed E-state index contributed by atoms with van der Waals surface area (Å²) < 4.78 is 0. The van der Waals surface area contributed by atoms with Crippen molar-refractivity contribution in [1.29, 1.82) is 0 Å². The van der Waals surface area contributed by atoms with Crippen LogP contribution >= 0.6 is 0 Å². The molecule has 0 aliphatic heterocycles. The molecule has 0 unspecified atom stereocenters. The molecule has 1 heterocycles. The summed E-state index contributed by atoms with van der Waals surface area (Å²) >= 11 is 0. The maximum atomic E-state index is 9.71. The molecule has 0 radical (unpaired) electrons. The SMILES string of the molecule is NNC(=O)NN.c1cnnnc1. The molecular formula is C4H9N7O. The first kappa shape index (κ1) is 10.2. The fraction of sp³-hybridized carbons (Fsp3) is 0. The van der Waals surface area contributed by atoms with Crippen molar-refractivity contribution in [2.75, 3.05) is 0 Å². The van der Waals surface area contributed by atoms with Crippen LogP contribution in [0.5, 0.6) is 0 Å². The van der Waals surface area contributed by atoms with E-state index in [9.17, 15) is 4.79 Å². The molecule has 0 aromatic carbocycles. The average molecular weight is 171 g/mol. The Balaban J connectivity index is 0.000000202. The minimum Gasteiger partial charge on any atom is -0.275 e. The van der Waals surface area contributed by atoms with Crippen LogP contribution < -0.4 is 22.5 Å². The number of amides is 2. The molecule has 0 aliphatic rings. The highest BCUT2D eigenvalue weighted by Crippen LogP contribution is 1.61. The standard InChI is InChI=1S/C3H3N3.CH6N4O/c1-2-4-6-5-3-1;2-4-1(6)5-3/h1-3H;2-3H2,(H2,4,5,6). The topological polar surface area (TPSA) is 132 Å². The quantitative estimate of drug-likeness (QED) is 0.201. The van der Waals surface area contributed by atoms with Crippen LogP contribution in [0.25, 0.3) is 0 Å². The van der Waals surface area contributed by atoms with Crippen LogP contribution in [0.15, 0.2) is 18.5 Å². The van der Waals surface area contributed by atoms with Crippen molar-refractivity contribution in [3.05, 3.63) is 18.5 Å². The van der Waals surface area contributed by atoms with Crippen molar-refractivity contribution in [1.82, 2.24) is 26.3 Å². The molecule has 8 heteroatoms. The largest absolute Gasteiger partial charge is 0.343 e. The van der Waals surface area contributed by atoms with Crippen molar-refractivity contribution in [3.63, 3.8) is 0 Å². The van der Waals surface area contributed by atoms with Crippen LogP contribution in [-0.2, 0) is 0 Å². The highest BCUT2D eigenvalue weighted by molar-refractivity contribution is 5.72. The van der Waals surface area contributed by atoms with Gasteiger partial charge in [-0.2, -0.15) is 0 Å². The molecule has 0 spiro atoms. The van der Waals surface area contributed by atoms with Crippen LogP contribution in [-0.4, -0.2) is 21.4 Å². The minimum atomic E-state index is -0.602. The molecule has 1 rings (SSSR count). The number of hydrogen-bond donors (Lipinski definition) is 4. The normalized spacial score (nSPS) is 7.50. The van der Waals surface area contributed by atoms with Crippen molar-refractivity contribution >= 4 is 6.03 Å². The van der Waals surface area contributed by atoms with Crippen LogP contribution in [0.1, 0.15) is 0 Å². The summed E-state index contributed by atoms with van der Waals surface area (Å²) in [5.74, 6) is 9.08. The zero-order valence-corrected chi connectivity index (χ0v) is 6.14. The Bertz CT molecular complexity index is 169. The summed E-state index contributed by atoms with van der Waals surface area (Å²) in [6.45, 7) is 0. The molecule has 2 amide bonds. The zero-order chi connectivity index (χ0) is 9.23. The minimum absolute atomic E-state index is 0.602. The molecule has 0 saturated heterocycles. The summed E-state index contributed by atoms with van der Waals surface area (Å²) in [5, 5.41) is 10.1. The number of nitrogens with two attached hydrogens (primary N) is 2. The van der Waals surface area contributed by atoms with E-state index in [1.54, 1.807) is 29.3 Å². The van der Waals surface area contributed by atoms with Gasteiger partial charge in [0.2, 0.25) is 0 Å². The Morgan fingerprint density at radius 2 is 1.67 bits per heavy atom. The number of rotatable bonds is 0. The van der Waals surface area contributed by atoms with Gasteiger partial charge in [-0.05, 0) is 11.3 Å². The number of hydrazine groups is 2. The summed E-state index contributed by atoms with van der Waals surface area (Å²) in [5.41, 5.74) is 3.48. The molecule has 8 nitrogen and oxygen atoms in total. The number of carbonyl (C=O) groups excluding carboxylic acids is 1. The number of nitrogens with zero attached hydrogens (tertiary/aromatic N) is 3. The van der Waals surface area contributed by atoms with Crippen molar-refractivity contribution < 1.29 is 4.79 Å². The Morgan fingerprint density at radius 3 is 1.75 bits per heavy atom. The Morgan fingerprint density at radius 1 is 1.17 bits per heavy atom. The number of carbonyl (C=O) groups is 1. The van der Waals surface area contributed by atoms with E-state index in [1.807, 2.05) is 0 Å². The number of hydrogen-bond acceptors (Lipinski definition) is 6. The van der Waals surface area contributed by atoms with E-state index in [-0.39, 0.29) is 0 Å². The third-order valence-electron chi connectivity index (χ3n) is 0.671. The Hall–Kier alpha value is -1.80. The van der Waals surface area contributed by atoms with Gasteiger partial charge in [0.1, 0.15) is 0 Å². The maximum absolute atomic E-state index is 9.71. The second-order valence-corrected chi connectivity index (χ2v) is 1.43. The van der Waals surface area contributed by atoms with E-state index in [0.29, 0.717) is 0 Å². The van der Waals surface area contributed by atoms with E-state index < -0.39 is 6.03 Å². The molecule has 0 bridgehead atoms. The first-order valence-electron chi connectivity index (χ1n) is 2.86. The lowest BCUT2D eigenvalue weighted by molar-refractivity contribution is 0.241. The number of urea groups is 1. The number of aromatic nitrogens is 3. The van der Waals surface area contributed by atoms with E-state index in [2.05, 4.69) is 27.1 Å². The summed E-state index contributed by atoms with van der Waals surface area (Å²) in [6.07, 6.45) is 3.15. The summed E-state index contributed by atoms with van der Waals surface area (Å²) in [7, 11) is 0. The summed E-state index contributed by atoms with van der Waals surface area (Å²) in [6, 6.07) is 1.11. The summed E-state index contributed by atoms with van der Waals surface area (Å²) in [4.78, 5) is 9.71. The molecule has 0 aliphatic carbocycles. The van der Waals surface area contributed by atoms with Gasteiger partial charge in [0.15, 0.2) is 0 Å². The zero-order valence-electron chi connectivity index (χ0n) is 6.14. The maximum Gasteiger partial charge on any atom is 0.343 e. The molecule has 1 aromatic heterocycles. The van der Waals surface area contributed by atoms with Gasteiger partial charge in [0.05, 0.1) is 12.4 Å². The van der Waals surface area contributed by atoms with Crippen molar-refractivity contribution in [2.45, 2.75) is 0 Å². The molecule has 0 saturated carbocycles. The molecule has 66 valence electrons. The lowest BCUT2D eigenvalue weighted by Crippen LogP contribution is -2.43. The fourth-order valence-electron chi connectivity index (χ4n) is 0.247. The van der Waals surface area contributed by atoms with Crippen molar-refractivity contribution in [2.24, 2.45) is 11.7 Å². The van der Waals surface area contributed by atoms with Crippen LogP contribution in [0.3, 0.4) is 0 Å². The molecule has 6 N–H and O–H groups in total. The van der Waals surface area contributed by atoms with Gasteiger partial charge < -0.3 is 0 Å². The first-order chi connectivity index (χ1) is 5.81. The lowest BCUT2D eigenvalue weighted by Gasteiger charge is -1.90. The van der Waals surface area contributed by atoms with Gasteiger partial charge in [0, 0.05) is 0 Å². The average Bonchev–Trinajstić information content (AvgIpc) is 2.20. The van der Waals surface area contributed by atoms with Gasteiger partial charge in [-0.1, -0.05) is 0 Å². The van der Waals surface area contributed by atoms with E-state index >= 15 is 0 Å². The third kappa shape index (κ3) is 6.32. The predicted molar refractivity (Wildman–Crippen MR) is 39.9 cm³/mol. The molecular weight excluding hydrogens is 162 g/mol.